The molecule has 0 bridgehead atoms. The van der Waals surface area contributed by atoms with Crippen molar-refractivity contribution in [2.45, 2.75) is 40.2 Å². The second-order valence-corrected chi connectivity index (χ2v) is 3.78. The maximum Gasteiger partial charge on any atom is 0.360 e. The van der Waals surface area contributed by atoms with Crippen molar-refractivity contribution >= 4 is 12.0 Å². The zero-order chi connectivity index (χ0) is 12.8. The van der Waals surface area contributed by atoms with Gasteiger partial charge in [0.25, 0.3) is 6.01 Å². The number of ether oxygens (including phenoxy) is 1. The van der Waals surface area contributed by atoms with Crippen LogP contribution in [0.15, 0.2) is 10.7 Å². The number of hydrogen-bond donors (Lipinski definition) is 0. The summed E-state index contributed by atoms with van der Waals surface area (Å²) >= 11 is 0. The van der Waals surface area contributed by atoms with E-state index in [1.165, 1.54) is 6.26 Å². The minimum atomic E-state index is -0.442. The van der Waals surface area contributed by atoms with Crippen molar-refractivity contribution < 1.29 is 13.9 Å². The Morgan fingerprint density at radius 3 is 2.76 bits per heavy atom. The Balaban J connectivity index is 2.81. The van der Waals surface area contributed by atoms with Gasteiger partial charge in [0.1, 0.15) is 6.26 Å². The molecule has 96 valence electrons. The number of nitrogens with zero attached hydrogens (tertiary/aromatic N) is 2. The molecule has 0 radical (unpaired) electrons. The average Bonchev–Trinajstić information content (AvgIpc) is 2.79. The van der Waals surface area contributed by atoms with Crippen LogP contribution < -0.4 is 4.90 Å². The quantitative estimate of drug-likeness (QED) is 0.715. The first-order chi connectivity index (χ1) is 8.13. The highest BCUT2D eigenvalue weighted by Crippen LogP contribution is 2.18. The van der Waals surface area contributed by atoms with E-state index >= 15 is 0 Å². The molecule has 1 rings (SSSR count). The third kappa shape index (κ3) is 3.22. The zero-order valence-electron chi connectivity index (χ0n) is 10.9. The summed E-state index contributed by atoms with van der Waals surface area (Å²) in [4.78, 5) is 17.6. The summed E-state index contributed by atoms with van der Waals surface area (Å²) in [6, 6.07) is 0.804. The van der Waals surface area contributed by atoms with E-state index < -0.39 is 5.97 Å². The highest BCUT2D eigenvalue weighted by atomic mass is 16.5. The van der Waals surface area contributed by atoms with Gasteiger partial charge in [0.2, 0.25) is 0 Å². The zero-order valence-corrected chi connectivity index (χ0v) is 10.9. The first-order valence-electron chi connectivity index (χ1n) is 6.03. The van der Waals surface area contributed by atoms with Crippen molar-refractivity contribution in [3.8, 4) is 0 Å². The maximum absolute atomic E-state index is 11.4. The van der Waals surface area contributed by atoms with Gasteiger partial charge in [0.15, 0.2) is 5.69 Å². The molecule has 1 aromatic rings. The Kier molecular flexibility index (Phi) is 5.00. The van der Waals surface area contributed by atoms with Crippen LogP contribution in [0.5, 0.6) is 0 Å². The summed E-state index contributed by atoms with van der Waals surface area (Å²) in [6.07, 6.45) is 2.34. The molecule has 0 spiro atoms. The number of carbonyl (C=O) groups excluding carboxylic acids is 1. The van der Waals surface area contributed by atoms with Crippen LogP contribution in [-0.4, -0.2) is 30.1 Å². The van der Waals surface area contributed by atoms with E-state index in [0.29, 0.717) is 18.7 Å². The lowest BCUT2D eigenvalue weighted by Gasteiger charge is -2.24. The van der Waals surface area contributed by atoms with Crippen LogP contribution >= 0.6 is 0 Å². The largest absolute Gasteiger partial charge is 0.461 e. The van der Waals surface area contributed by atoms with Crippen LogP contribution in [0.2, 0.25) is 0 Å². The summed E-state index contributed by atoms with van der Waals surface area (Å²) in [5.74, 6) is -0.442. The molecule has 1 unspecified atom stereocenters. The molecule has 0 aliphatic carbocycles. The fourth-order valence-corrected chi connectivity index (χ4v) is 1.55. The molecule has 0 aliphatic heterocycles. The molecule has 5 nitrogen and oxygen atoms in total. The van der Waals surface area contributed by atoms with E-state index in [1.54, 1.807) is 6.92 Å². The first-order valence-corrected chi connectivity index (χ1v) is 6.03. The summed E-state index contributed by atoms with van der Waals surface area (Å²) in [6.45, 7) is 9.11. The van der Waals surface area contributed by atoms with Gasteiger partial charge < -0.3 is 14.1 Å². The van der Waals surface area contributed by atoms with E-state index in [2.05, 4.69) is 18.8 Å². The molecule has 1 atom stereocenters. The Bertz CT molecular complexity index is 362. The topological polar surface area (TPSA) is 55.6 Å². The predicted octanol–water partition coefficient (Wildman–Crippen LogP) is 2.48. The number of carbonyl (C=O) groups is 1. The van der Waals surface area contributed by atoms with Gasteiger partial charge in [-0.15, -0.1) is 0 Å². The number of hydrogen-bond acceptors (Lipinski definition) is 5. The summed E-state index contributed by atoms with van der Waals surface area (Å²) < 4.78 is 10.2. The normalized spacial score (nSPS) is 12.2. The Hall–Kier alpha value is -1.52. The van der Waals surface area contributed by atoms with Crippen molar-refractivity contribution in [2.24, 2.45) is 0 Å². The van der Waals surface area contributed by atoms with Crippen molar-refractivity contribution in [2.75, 3.05) is 18.1 Å². The van der Waals surface area contributed by atoms with Gasteiger partial charge in [-0.05, 0) is 27.2 Å². The lowest BCUT2D eigenvalue weighted by atomic mass is 10.2. The third-order valence-electron chi connectivity index (χ3n) is 2.69. The van der Waals surface area contributed by atoms with E-state index in [1.807, 2.05) is 11.8 Å². The maximum atomic E-state index is 11.4. The van der Waals surface area contributed by atoms with Crippen LogP contribution in [0.3, 0.4) is 0 Å². The lowest BCUT2D eigenvalue weighted by Crippen LogP contribution is -2.32. The van der Waals surface area contributed by atoms with E-state index in [-0.39, 0.29) is 5.69 Å². The highest BCUT2D eigenvalue weighted by Gasteiger charge is 2.19. The molecule has 0 fully saturated rings. The minimum absolute atomic E-state index is 0.226. The molecule has 17 heavy (non-hydrogen) atoms. The number of oxazole rings is 1. The van der Waals surface area contributed by atoms with Gasteiger partial charge in [0.05, 0.1) is 6.61 Å². The average molecular weight is 240 g/mol. The molecule has 1 heterocycles. The van der Waals surface area contributed by atoms with E-state index in [0.717, 1.165) is 13.0 Å². The molecule has 5 heteroatoms. The van der Waals surface area contributed by atoms with E-state index in [4.69, 9.17) is 9.15 Å². The molecule has 0 aliphatic rings. The highest BCUT2D eigenvalue weighted by molar-refractivity contribution is 5.87. The van der Waals surface area contributed by atoms with Crippen molar-refractivity contribution in [3.05, 3.63) is 12.0 Å². The van der Waals surface area contributed by atoms with Crippen LogP contribution in [0.25, 0.3) is 0 Å². The Labute approximate surface area is 102 Å². The second kappa shape index (κ2) is 6.27. The van der Waals surface area contributed by atoms with Gasteiger partial charge in [0, 0.05) is 12.6 Å². The van der Waals surface area contributed by atoms with Gasteiger partial charge >= 0.3 is 5.97 Å². The predicted molar refractivity (Wildman–Crippen MR) is 65.2 cm³/mol. The monoisotopic (exact) mass is 240 g/mol. The summed E-state index contributed by atoms with van der Waals surface area (Å²) in [5, 5.41) is 0. The number of esters is 1. The third-order valence-corrected chi connectivity index (χ3v) is 2.69. The number of aromatic nitrogens is 1. The van der Waals surface area contributed by atoms with Crippen molar-refractivity contribution in [1.82, 2.24) is 4.98 Å². The number of anilines is 1. The fourth-order valence-electron chi connectivity index (χ4n) is 1.55. The van der Waals surface area contributed by atoms with Gasteiger partial charge in [-0.3, -0.25) is 0 Å². The smallest absolute Gasteiger partial charge is 0.360 e. The van der Waals surface area contributed by atoms with Crippen LogP contribution in [-0.2, 0) is 4.74 Å². The molecule has 0 saturated carbocycles. The fraction of sp³-hybridized carbons (Fsp3) is 0.667. The minimum Gasteiger partial charge on any atom is -0.461 e. The summed E-state index contributed by atoms with van der Waals surface area (Å²) in [5.41, 5.74) is 0.226. The first kappa shape index (κ1) is 13.5. The van der Waals surface area contributed by atoms with Crippen LogP contribution in [0.4, 0.5) is 6.01 Å². The molecular weight excluding hydrogens is 220 g/mol. The SMILES string of the molecule is CCOC(=O)c1coc(N(CC)C(C)CC)n1. The Morgan fingerprint density at radius 2 is 2.24 bits per heavy atom. The molecule has 0 saturated heterocycles. The van der Waals surface area contributed by atoms with Crippen LogP contribution in [0, 0.1) is 0 Å². The summed E-state index contributed by atoms with van der Waals surface area (Å²) in [7, 11) is 0. The lowest BCUT2D eigenvalue weighted by molar-refractivity contribution is 0.0519. The van der Waals surface area contributed by atoms with Gasteiger partial charge in [-0.1, -0.05) is 6.92 Å². The molecule has 0 amide bonds. The molecular formula is C12H20N2O3. The Morgan fingerprint density at radius 1 is 1.53 bits per heavy atom. The van der Waals surface area contributed by atoms with Gasteiger partial charge in [-0.25, -0.2) is 4.79 Å². The second-order valence-electron chi connectivity index (χ2n) is 3.78. The van der Waals surface area contributed by atoms with Crippen molar-refractivity contribution in [3.63, 3.8) is 0 Å². The number of rotatable bonds is 6. The molecule has 1 aromatic heterocycles. The van der Waals surface area contributed by atoms with Gasteiger partial charge in [-0.2, -0.15) is 4.98 Å². The van der Waals surface area contributed by atoms with E-state index in [9.17, 15) is 4.79 Å². The standard InChI is InChI=1S/C12H20N2O3/c1-5-9(4)14(6-2)12-13-10(8-17-12)11(15)16-7-3/h8-9H,5-7H2,1-4H3. The molecule has 0 N–H and O–H groups in total. The van der Waals surface area contributed by atoms with Crippen LogP contribution in [0.1, 0.15) is 44.6 Å². The van der Waals surface area contributed by atoms with Crippen molar-refractivity contribution in [1.29, 1.82) is 0 Å². The molecule has 0 aromatic carbocycles.